The van der Waals surface area contributed by atoms with Crippen LogP contribution in [-0.2, 0) is 14.8 Å². The van der Waals surface area contributed by atoms with Gasteiger partial charge >= 0.3 is 5.97 Å². The first-order valence-electron chi connectivity index (χ1n) is 9.83. The molecular formula is C21H29NO4S. The molecule has 0 saturated heterocycles. The van der Waals surface area contributed by atoms with E-state index >= 15 is 0 Å². The highest BCUT2D eigenvalue weighted by atomic mass is 32.2. The Labute approximate surface area is 161 Å². The maximum Gasteiger partial charge on any atom is 0.303 e. The third kappa shape index (κ3) is 4.79. The Balaban J connectivity index is 1.64. The number of aliphatic carboxylic acids is 1. The summed E-state index contributed by atoms with van der Waals surface area (Å²) < 4.78 is 28.9. The van der Waals surface area contributed by atoms with E-state index in [4.69, 9.17) is 5.11 Å². The minimum Gasteiger partial charge on any atom is -0.481 e. The first-order valence-corrected chi connectivity index (χ1v) is 11.3. The van der Waals surface area contributed by atoms with Gasteiger partial charge in [0.2, 0.25) is 10.0 Å². The van der Waals surface area contributed by atoms with Crippen LogP contribution in [0.25, 0.3) is 0 Å². The van der Waals surface area contributed by atoms with Gasteiger partial charge in [-0.05, 0) is 74.8 Å². The lowest BCUT2D eigenvalue weighted by Crippen LogP contribution is -2.43. The third-order valence-electron chi connectivity index (χ3n) is 6.10. The van der Waals surface area contributed by atoms with Gasteiger partial charge in [0.05, 0.1) is 4.90 Å². The number of rotatable bonds is 9. The van der Waals surface area contributed by atoms with Crippen molar-refractivity contribution < 1.29 is 18.3 Å². The molecule has 4 atom stereocenters. The summed E-state index contributed by atoms with van der Waals surface area (Å²) in [6.45, 7) is 1.83. The Morgan fingerprint density at radius 3 is 2.70 bits per heavy atom. The number of carbonyl (C=O) groups is 1. The quantitative estimate of drug-likeness (QED) is 0.494. The molecule has 0 spiro atoms. The lowest BCUT2D eigenvalue weighted by Gasteiger charge is -2.31. The molecule has 2 bridgehead atoms. The number of fused-ring (bicyclic) bond motifs is 2. The molecule has 2 saturated carbocycles. The number of benzene rings is 1. The number of hydrogen-bond donors (Lipinski definition) is 2. The molecule has 27 heavy (non-hydrogen) atoms. The van der Waals surface area contributed by atoms with E-state index in [1.165, 1.54) is 6.42 Å². The highest BCUT2D eigenvalue weighted by molar-refractivity contribution is 7.89. The Hall–Kier alpha value is -1.66. The molecule has 2 N–H and O–H groups in total. The largest absolute Gasteiger partial charge is 0.481 e. The van der Waals surface area contributed by atoms with Gasteiger partial charge in [-0.1, -0.05) is 30.4 Å². The predicted molar refractivity (Wildman–Crippen MR) is 105 cm³/mol. The van der Waals surface area contributed by atoms with Crippen LogP contribution in [0.1, 0.15) is 50.5 Å². The van der Waals surface area contributed by atoms with Gasteiger partial charge in [0.1, 0.15) is 0 Å². The number of carboxylic acid groups (broad SMARTS) is 1. The Kier molecular flexibility index (Phi) is 6.37. The van der Waals surface area contributed by atoms with E-state index in [-0.39, 0.29) is 12.5 Å². The van der Waals surface area contributed by atoms with Crippen LogP contribution in [0, 0.1) is 24.7 Å². The predicted octanol–water partition coefficient (Wildman–Crippen LogP) is 3.89. The average Bonchev–Trinajstić information content (AvgIpc) is 3.20. The highest BCUT2D eigenvalue weighted by Gasteiger charge is 2.48. The second-order valence-corrected chi connectivity index (χ2v) is 9.59. The fourth-order valence-corrected chi connectivity index (χ4v) is 6.38. The lowest BCUT2D eigenvalue weighted by molar-refractivity contribution is -0.137. The van der Waals surface area contributed by atoms with E-state index in [1.807, 2.05) is 25.1 Å². The molecule has 0 aliphatic heterocycles. The Morgan fingerprint density at radius 2 is 1.96 bits per heavy atom. The Bertz CT molecular complexity index is 802. The molecule has 3 rings (SSSR count). The van der Waals surface area contributed by atoms with Gasteiger partial charge < -0.3 is 5.11 Å². The minimum absolute atomic E-state index is 0.00275. The van der Waals surface area contributed by atoms with Crippen LogP contribution >= 0.6 is 0 Å². The number of sulfonamides is 1. The van der Waals surface area contributed by atoms with Gasteiger partial charge in [0, 0.05) is 12.5 Å². The molecular weight excluding hydrogens is 362 g/mol. The van der Waals surface area contributed by atoms with Gasteiger partial charge in [0.25, 0.3) is 0 Å². The number of allylic oxidation sites excluding steroid dienone is 2. The molecule has 2 aliphatic carbocycles. The molecule has 0 aromatic heterocycles. The molecule has 5 nitrogen and oxygen atoms in total. The van der Waals surface area contributed by atoms with Crippen molar-refractivity contribution in [2.75, 3.05) is 0 Å². The molecule has 1 unspecified atom stereocenters. The van der Waals surface area contributed by atoms with Crippen LogP contribution in [0.15, 0.2) is 41.3 Å². The van der Waals surface area contributed by atoms with Gasteiger partial charge in [-0.25, -0.2) is 13.1 Å². The van der Waals surface area contributed by atoms with E-state index in [0.29, 0.717) is 29.1 Å². The number of unbranched alkanes of at least 4 members (excludes halogenated alkanes) is 1. The number of aryl methyl sites for hydroxylation is 1. The minimum atomic E-state index is -3.52. The fraction of sp³-hybridized carbons (Fsp3) is 0.571. The van der Waals surface area contributed by atoms with Crippen molar-refractivity contribution in [3.63, 3.8) is 0 Å². The van der Waals surface area contributed by atoms with Crippen molar-refractivity contribution in [3.05, 3.63) is 42.0 Å². The van der Waals surface area contributed by atoms with Crippen LogP contribution in [0.5, 0.6) is 0 Å². The van der Waals surface area contributed by atoms with Gasteiger partial charge in [0.15, 0.2) is 0 Å². The summed E-state index contributed by atoms with van der Waals surface area (Å²) in [7, 11) is -3.52. The zero-order valence-corrected chi connectivity index (χ0v) is 16.6. The van der Waals surface area contributed by atoms with Gasteiger partial charge in [-0.15, -0.1) is 0 Å². The van der Waals surface area contributed by atoms with Crippen molar-refractivity contribution in [2.45, 2.75) is 62.8 Å². The third-order valence-corrected chi connectivity index (χ3v) is 7.72. The summed E-state index contributed by atoms with van der Waals surface area (Å²) in [5, 5.41) is 8.68. The summed E-state index contributed by atoms with van der Waals surface area (Å²) in [5.41, 5.74) is 0.767. The summed E-state index contributed by atoms with van der Waals surface area (Å²) in [6, 6.07) is 7.11. The van der Waals surface area contributed by atoms with Crippen molar-refractivity contribution >= 4 is 16.0 Å². The first-order chi connectivity index (χ1) is 12.9. The molecule has 0 amide bonds. The first kappa shape index (κ1) is 20.1. The summed E-state index contributed by atoms with van der Waals surface area (Å²) in [4.78, 5) is 10.9. The maximum absolute atomic E-state index is 12.9. The molecule has 0 heterocycles. The summed E-state index contributed by atoms with van der Waals surface area (Å²) >= 11 is 0. The topological polar surface area (TPSA) is 83.5 Å². The molecule has 6 heteroatoms. The van der Waals surface area contributed by atoms with Crippen LogP contribution < -0.4 is 4.72 Å². The molecule has 1 aromatic carbocycles. The van der Waals surface area contributed by atoms with Crippen molar-refractivity contribution in [2.24, 2.45) is 17.8 Å². The van der Waals surface area contributed by atoms with Crippen LogP contribution in [0.2, 0.25) is 0 Å². The molecule has 2 aliphatic rings. The smallest absolute Gasteiger partial charge is 0.303 e. The SMILES string of the molecule is Cc1ccccc1S(=O)(=O)N[C@H]1C2CC[C@H](C2)[C@@H]1C/C=C\CCCC(=O)O. The second kappa shape index (κ2) is 8.57. The molecule has 1 aromatic rings. The summed E-state index contributed by atoms with van der Waals surface area (Å²) in [6.07, 6.45) is 10.0. The summed E-state index contributed by atoms with van der Waals surface area (Å²) in [5.74, 6) is 0.586. The van der Waals surface area contributed by atoms with Crippen molar-refractivity contribution in [1.82, 2.24) is 4.72 Å². The van der Waals surface area contributed by atoms with Crippen molar-refractivity contribution in [1.29, 1.82) is 0 Å². The normalized spacial score (nSPS) is 27.4. The number of carboxylic acids is 1. The van der Waals surface area contributed by atoms with Crippen LogP contribution in [0.3, 0.4) is 0 Å². The van der Waals surface area contributed by atoms with Gasteiger partial charge in [-0.2, -0.15) is 0 Å². The molecule has 148 valence electrons. The molecule has 2 fully saturated rings. The average molecular weight is 392 g/mol. The second-order valence-electron chi connectivity index (χ2n) is 7.90. The zero-order valence-electron chi connectivity index (χ0n) is 15.8. The van der Waals surface area contributed by atoms with E-state index in [1.54, 1.807) is 12.1 Å². The zero-order chi connectivity index (χ0) is 19.4. The molecule has 0 radical (unpaired) electrons. The standard InChI is InChI=1S/C21H29NO4S/c1-15-8-6-7-10-19(15)27(25,26)22-21-17-13-12-16(14-17)18(21)9-4-2-3-5-11-20(23)24/h2,4,6-8,10,16-18,21-22H,3,5,9,11-14H2,1H3,(H,23,24)/b4-2-/t16-,17?,18+,21+/m1/s1. The number of hydrogen-bond acceptors (Lipinski definition) is 3. The van der Waals surface area contributed by atoms with Crippen molar-refractivity contribution in [3.8, 4) is 0 Å². The highest BCUT2D eigenvalue weighted by Crippen LogP contribution is 2.50. The van der Waals surface area contributed by atoms with E-state index in [9.17, 15) is 13.2 Å². The lowest BCUT2D eigenvalue weighted by atomic mass is 9.83. The number of nitrogens with one attached hydrogen (secondary N) is 1. The van der Waals surface area contributed by atoms with Crippen LogP contribution in [-0.4, -0.2) is 25.5 Å². The maximum atomic E-state index is 12.9. The van der Waals surface area contributed by atoms with Gasteiger partial charge in [-0.3, -0.25) is 4.79 Å². The van der Waals surface area contributed by atoms with E-state index in [2.05, 4.69) is 10.8 Å². The van der Waals surface area contributed by atoms with E-state index < -0.39 is 16.0 Å². The fourth-order valence-electron chi connectivity index (χ4n) is 4.78. The van der Waals surface area contributed by atoms with E-state index in [0.717, 1.165) is 31.2 Å². The Morgan fingerprint density at radius 1 is 1.22 bits per heavy atom. The monoisotopic (exact) mass is 391 g/mol. The van der Waals surface area contributed by atoms with Crippen LogP contribution in [0.4, 0.5) is 0 Å².